The maximum absolute atomic E-state index is 11.5. The van der Waals surface area contributed by atoms with E-state index in [1.54, 1.807) is 0 Å². The molecule has 1 aromatic rings. The highest BCUT2D eigenvalue weighted by atomic mass is 16.4. The lowest BCUT2D eigenvalue weighted by Gasteiger charge is -2.29. The molecular formula is C16H22O2. The minimum Gasteiger partial charge on any atom is -0.481 e. The van der Waals surface area contributed by atoms with Crippen molar-refractivity contribution in [3.05, 3.63) is 35.4 Å². The summed E-state index contributed by atoms with van der Waals surface area (Å²) in [5.41, 5.74) is 2.34. The van der Waals surface area contributed by atoms with E-state index in [1.165, 1.54) is 24.8 Å². The molecule has 1 aromatic carbocycles. The SMILES string of the molecule is CCCCC(C(=O)O)c1ccccc1C1CCC1. The number of aliphatic carboxylic acids is 1. The third-order valence-corrected chi connectivity index (χ3v) is 4.06. The Morgan fingerprint density at radius 3 is 2.67 bits per heavy atom. The summed E-state index contributed by atoms with van der Waals surface area (Å²) in [4.78, 5) is 11.5. The molecule has 1 saturated carbocycles. The number of benzene rings is 1. The van der Waals surface area contributed by atoms with Crippen molar-refractivity contribution < 1.29 is 9.90 Å². The summed E-state index contributed by atoms with van der Waals surface area (Å²) >= 11 is 0. The Balaban J connectivity index is 2.25. The minimum atomic E-state index is -0.671. The van der Waals surface area contributed by atoms with Crippen LogP contribution in [0.1, 0.15) is 68.4 Å². The summed E-state index contributed by atoms with van der Waals surface area (Å²) in [7, 11) is 0. The predicted octanol–water partition coefficient (Wildman–Crippen LogP) is 4.31. The minimum absolute atomic E-state index is 0.318. The van der Waals surface area contributed by atoms with E-state index in [0.29, 0.717) is 5.92 Å². The second-order valence-corrected chi connectivity index (χ2v) is 5.29. The van der Waals surface area contributed by atoms with Gasteiger partial charge in [-0.25, -0.2) is 0 Å². The van der Waals surface area contributed by atoms with Crippen molar-refractivity contribution in [3.63, 3.8) is 0 Å². The lowest BCUT2D eigenvalue weighted by Crippen LogP contribution is -2.17. The maximum atomic E-state index is 11.5. The van der Waals surface area contributed by atoms with Gasteiger partial charge in [0.25, 0.3) is 0 Å². The third-order valence-electron chi connectivity index (χ3n) is 4.06. The van der Waals surface area contributed by atoms with E-state index in [0.717, 1.165) is 24.8 Å². The maximum Gasteiger partial charge on any atom is 0.310 e. The fourth-order valence-electron chi connectivity index (χ4n) is 2.74. The van der Waals surface area contributed by atoms with Crippen molar-refractivity contribution in [2.75, 3.05) is 0 Å². The molecule has 1 N–H and O–H groups in total. The number of rotatable bonds is 6. The van der Waals surface area contributed by atoms with Gasteiger partial charge in [-0.1, -0.05) is 50.5 Å². The third kappa shape index (κ3) is 2.74. The molecule has 0 bridgehead atoms. The van der Waals surface area contributed by atoms with Crippen LogP contribution in [0.3, 0.4) is 0 Å². The topological polar surface area (TPSA) is 37.3 Å². The molecule has 0 aliphatic heterocycles. The molecule has 1 aliphatic rings. The lowest BCUT2D eigenvalue weighted by molar-refractivity contribution is -0.139. The van der Waals surface area contributed by atoms with Gasteiger partial charge in [-0.3, -0.25) is 4.79 Å². The van der Waals surface area contributed by atoms with E-state index in [9.17, 15) is 9.90 Å². The van der Waals surface area contributed by atoms with E-state index >= 15 is 0 Å². The molecule has 0 heterocycles. The van der Waals surface area contributed by atoms with Crippen LogP contribution in [-0.4, -0.2) is 11.1 Å². The highest BCUT2D eigenvalue weighted by molar-refractivity contribution is 5.76. The summed E-state index contributed by atoms with van der Waals surface area (Å²) in [5, 5.41) is 9.45. The molecule has 0 aromatic heterocycles. The zero-order valence-electron chi connectivity index (χ0n) is 11.1. The first-order valence-corrected chi connectivity index (χ1v) is 7.05. The van der Waals surface area contributed by atoms with Crippen LogP contribution in [0.2, 0.25) is 0 Å². The van der Waals surface area contributed by atoms with Gasteiger partial charge in [0.05, 0.1) is 5.92 Å². The summed E-state index contributed by atoms with van der Waals surface area (Å²) in [6.45, 7) is 2.11. The molecule has 1 aliphatic carbocycles. The van der Waals surface area contributed by atoms with Gasteiger partial charge in [-0.05, 0) is 36.3 Å². The van der Waals surface area contributed by atoms with Crippen LogP contribution in [0.15, 0.2) is 24.3 Å². The Bertz CT molecular complexity index is 407. The van der Waals surface area contributed by atoms with Gasteiger partial charge in [0.2, 0.25) is 0 Å². The van der Waals surface area contributed by atoms with Gasteiger partial charge in [0.1, 0.15) is 0 Å². The second kappa shape index (κ2) is 6.03. The van der Waals surface area contributed by atoms with E-state index in [4.69, 9.17) is 0 Å². The standard InChI is InChI=1S/C16H22O2/c1-2-3-9-15(16(17)18)14-11-5-4-10-13(14)12-7-6-8-12/h4-5,10-12,15H,2-3,6-9H2,1H3,(H,17,18). The molecule has 2 heteroatoms. The molecule has 0 spiro atoms. The number of carboxylic acid groups (broad SMARTS) is 1. The van der Waals surface area contributed by atoms with Gasteiger partial charge in [0.15, 0.2) is 0 Å². The van der Waals surface area contributed by atoms with Crippen molar-refractivity contribution >= 4 is 5.97 Å². The quantitative estimate of drug-likeness (QED) is 0.812. The van der Waals surface area contributed by atoms with Crippen molar-refractivity contribution in [2.24, 2.45) is 0 Å². The molecule has 0 amide bonds. The van der Waals surface area contributed by atoms with E-state index in [1.807, 2.05) is 18.2 Å². The van der Waals surface area contributed by atoms with Crippen LogP contribution < -0.4 is 0 Å². The van der Waals surface area contributed by atoms with Crippen LogP contribution in [0.4, 0.5) is 0 Å². The number of carboxylic acids is 1. The van der Waals surface area contributed by atoms with Gasteiger partial charge >= 0.3 is 5.97 Å². The Morgan fingerprint density at radius 1 is 1.39 bits per heavy atom. The van der Waals surface area contributed by atoms with E-state index < -0.39 is 5.97 Å². The molecule has 0 saturated heterocycles. The Labute approximate surface area is 109 Å². The second-order valence-electron chi connectivity index (χ2n) is 5.29. The van der Waals surface area contributed by atoms with Crippen LogP contribution in [0.25, 0.3) is 0 Å². The first kappa shape index (κ1) is 13.1. The van der Waals surface area contributed by atoms with Crippen molar-refractivity contribution in [1.82, 2.24) is 0 Å². The molecule has 0 radical (unpaired) electrons. The normalized spacial score (nSPS) is 17.2. The molecule has 18 heavy (non-hydrogen) atoms. The molecule has 1 unspecified atom stereocenters. The highest BCUT2D eigenvalue weighted by Gasteiger charge is 2.27. The number of hydrogen-bond donors (Lipinski definition) is 1. The van der Waals surface area contributed by atoms with Gasteiger partial charge < -0.3 is 5.11 Å². The number of unbranched alkanes of at least 4 members (excludes halogenated alkanes) is 1. The Hall–Kier alpha value is -1.31. The average molecular weight is 246 g/mol. The fourth-order valence-corrected chi connectivity index (χ4v) is 2.74. The van der Waals surface area contributed by atoms with Crippen LogP contribution in [0, 0.1) is 0 Å². The molecule has 1 atom stereocenters. The molecular weight excluding hydrogens is 224 g/mol. The van der Waals surface area contributed by atoms with Gasteiger partial charge in [-0.15, -0.1) is 0 Å². The van der Waals surface area contributed by atoms with Gasteiger partial charge in [0, 0.05) is 0 Å². The molecule has 2 rings (SSSR count). The Kier molecular flexibility index (Phi) is 4.40. The monoisotopic (exact) mass is 246 g/mol. The summed E-state index contributed by atoms with van der Waals surface area (Å²) in [5.74, 6) is -0.387. The van der Waals surface area contributed by atoms with Crippen molar-refractivity contribution in [1.29, 1.82) is 0 Å². The molecule has 98 valence electrons. The van der Waals surface area contributed by atoms with Crippen molar-refractivity contribution in [3.8, 4) is 0 Å². The van der Waals surface area contributed by atoms with E-state index in [-0.39, 0.29) is 5.92 Å². The zero-order valence-corrected chi connectivity index (χ0v) is 11.1. The van der Waals surface area contributed by atoms with Gasteiger partial charge in [-0.2, -0.15) is 0 Å². The first-order valence-electron chi connectivity index (χ1n) is 7.05. The largest absolute Gasteiger partial charge is 0.481 e. The van der Waals surface area contributed by atoms with Crippen LogP contribution in [0.5, 0.6) is 0 Å². The number of carbonyl (C=O) groups is 1. The summed E-state index contributed by atoms with van der Waals surface area (Å²) in [6, 6.07) is 8.15. The summed E-state index contributed by atoms with van der Waals surface area (Å²) < 4.78 is 0. The van der Waals surface area contributed by atoms with Crippen molar-refractivity contribution in [2.45, 2.75) is 57.3 Å². The Morgan fingerprint density at radius 2 is 2.11 bits per heavy atom. The van der Waals surface area contributed by atoms with Crippen LogP contribution in [-0.2, 0) is 4.79 Å². The smallest absolute Gasteiger partial charge is 0.310 e. The average Bonchev–Trinajstić information content (AvgIpc) is 2.29. The first-order chi connectivity index (χ1) is 8.74. The predicted molar refractivity (Wildman–Crippen MR) is 72.9 cm³/mol. The molecule has 2 nitrogen and oxygen atoms in total. The fraction of sp³-hybridized carbons (Fsp3) is 0.562. The van der Waals surface area contributed by atoms with Crippen LogP contribution >= 0.6 is 0 Å². The summed E-state index contributed by atoms with van der Waals surface area (Å²) in [6.07, 6.45) is 6.51. The number of hydrogen-bond acceptors (Lipinski definition) is 1. The van der Waals surface area contributed by atoms with E-state index in [2.05, 4.69) is 13.0 Å². The zero-order chi connectivity index (χ0) is 13.0. The lowest BCUT2D eigenvalue weighted by atomic mass is 9.75. The highest BCUT2D eigenvalue weighted by Crippen LogP contribution is 2.40. The molecule has 1 fully saturated rings.